The van der Waals surface area contributed by atoms with Gasteiger partial charge in [0.15, 0.2) is 0 Å². The Hall–Kier alpha value is -5.51. The minimum atomic E-state index is -0.656. The first-order valence-corrected chi connectivity index (χ1v) is 13.4. The Kier molecular flexibility index (Phi) is 11.5. The summed E-state index contributed by atoms with van der Waals surface area (Å²) in [7, 11) is 0. The molecule has 0 atom stereocenters. The van der Waals surface area contributed by atoms with Crippen molar-refractivity contribution in [1.82, 2.24) is 4.90 Å². The number of nitrogens with two attached hydrogens (primary N) is 1. The Morgan fingerprint density at radius 3 is 2.07 bits per heavy atom. The molecule has 10 heteroatoms. The number of ether oxygens (including phenoxy) is 3. The van der Waals surface area contributed by atoms with Crippen molar-refractivity contribution in [3.8, 4) is 5.75 Å². The number of amides is 1. The van der Waals surface area contributed by atoms with Gasteiger partial charge in [-0.15, -0.1) is 0 Å². The van der Waals surface area contributed by atoms with E-state index in [1.54, 1.807) is 68.5 Å². The van der Waals surface area contributed by atoms with E-state index in [2.05, 4.69) is 0 Å². The average molecular weight is 584 g/mol. The van der Waals surface area contributed by atoms with Gasteiger partial charge in [0.1, 0.15) is 24.7 Å². The molecule has 0 radical (unpaired) electrons. The molecule has 0 fully saturated rings. The maximum Gasteiger partial charge on any atom is 0.343 e. The first-order chi connectivity index (χ1) is 20.6. The van der Waals surface area contributed by atoms with Crippen LogP contribution < -0.4 is 10.5 Å². The first-order valence-electron chi connectivity index (χ1n) is 13.4. The van der Waals surface area contributed by atoms with Crippen molar-refractivity contribution in [3.05, 3.63) is 118 Å². The molecule has 10 nitrogen and oxygen atoms in total. The Bertz CT molecular complexity index is 1530. The summed E-state index contributed by atoms with van der Waals surface area (Å²) in [6.45, 7) is 4.50. The maximum absolute atomic E-state index is 13.4. The third-order valence-electron chi connectivity index (χ3n) is 5.99. The Morgan fingerprint density at radius 2 is 1.47 bits per heavy atom. The van der Waals surface area contributed by atoms with Gasteiger partial charge in [0.2, 0.25) is 0 Å². The summed E-state index contributed by atoms with van der Waals surface area (Å²) in [6.07, 6.45) is 2.86. The molecule has 0 saturated heterocycles. The van der Waals surface area contributed by atoms with Gasteiger partial charge in [-0.1, -0.05) is 42.5 Å². The summed E-state index contributed by atoms with van der Waals surface area (Å²) in [5.41, 5.74) is 8.05. The Balaban J connectivity index is 1.72. The standard InChI is InChI=1S/C33H33N3O7/c1-4-41-32(39)23(3)19-36(20-29(37)42-21-25-8-6-5-7-9-25)31(38)22(2)18-24-10-12-27(13-11-24)33(40)43-28-16-14-26(15-17-28)30(34)35/h5-19H,4,20-21H2,1-3H3,(H3,34,35). The summed E-state index contributed by atoms with van der Waals surface area (Å²) in [4.78, 5) is 51.9. The highest BCUT2D eigenvalue weighted by Crippen LogP contribution is 2.17. The third-order valence-corrected chi connectivity index (χ3v) is 5.99. The number of nitrogen functional groups attached to an aromatic ring is 1. The van der Waals surface area contributed by atoms with Crippen LogP contribution in [0, 0.1) is 5.41 Å². The van der Waals surface area contributed by atoms with Gasteiger partial charge in [0.25, 0.3) is 5.91 Å². The van der Waals surface area contributed by atoms with Crippen LogP contribution in [0.25, 0.3) is 6.08 Å². The number of carbonyl (C=O) groups excluding carboxylic acids is 4. The SMILES string of the molecule is CCOC(=O)C(C)=CN(CC(=O)OCc1ccccc1)C(=O)C(C)=Cc1ccc(C(=O)Oc2ccc(C(=N)N)cc2)cc1. The number of nitrogens with one attached hydrogen (secondary N) is 1. The number of hydrogen-bond donors (Lipinski definition) is 2. The van der Waals surface area contributed by atoms with Crippen molar-refractivity contribution >= 4 is 35.7 Å². The molecule has 0 bridgehead atoms. The minimum absolute atomic E-state index is 0.0373. The summed E-state index contributed by atoms with van der Waals surface area (Å²) >= 11 is 0. The maximum atomic E-state index is 13.4. The van der Waals surface area contributed by atoms with E-state index in [9.17, 15) is 19.2 Å². The zero-order chi connectivity index (χ0) is 31.4. The number of hydrogen-bond acceptors (Lipinski definition) is 8. The van der Waals surface area contributed by atoms with Crippen LogP contribution in [0.2, 0.25) is 0 Å². The lowest BCUT2D eigenvalue weighted by Gasteiger charge is -2.19. The van der Waals surface area contributed by atoms with E-state index in [-0.39, 0.29) is 35.8 Å². The zero-order valence-electron chi connectivity index (χ0n) is 24.2. The lowest BCUT2D eigenvalue weighted by Crippen LogP contribution is -2.33. The normalized spacial score (nSPS) is 11.3. The molecular formula is C33H33N3O7. The molecule has 0 aliphatic carbocycles. The van der Waals surface area contributed by atoms with Gasteiger partial charge >= 0.3 is 17.9 Å². The van der Waals surface area contributed by atoms with Crippen LogP contribution in [0.5, 0.6) is 5.75 Å². The predicted molar refractivity (Wildman–Crippen MR) is 161 cm³/mol. The highest BCUT2D eigenvalue weighted by Gasteiger charge is 2.20. The second-order valence-electron chi connectivity index (χ2n) is 9.39. The number of rotatable bonds is 12. The highest BCUT2D eigenvalue weighted by molar-refractivity contribution is 6.00. The van der Waals surface area contributed by atoms with Gasteiger partial charge in [0, 0.05) is 17.3 Å². The molecule has 0 unspecified atom stereocenters. The van der Waals surface area contributed by atoms with E-state index in [1.165, 1.54) is 13.1 Å². The predicted octanol–water partition coefficient (Wildman–Crippen LogP) is 4.63. The van der Waals surface area contributed by atoms with E-state index in [0.29, 0.717) is 16.9 Å². The lowest BCUT2D eigenvalue weighted by atomic mass is 10.1. The number of nitrogens with zero attached hydrogens (tertiary/aromatic N) is 1. The molecule has 3 rings (SSSR count). The van der Waals surface area contributed by atoms with Crippen molar-refractivity contribution < 1.29 is 33.4 Å². The number of esters is 3. The van der Waals surface area contributed by atoms with E-state index in [0.717, 1.165) is 10.5 Å². The molecule has 0 spiro atoms. The Morgan fingerprint density at radius 1 is 0.837 bits per heavy atom. The van der Waals surface area contributed by atoms with Crippen LogP contribution in [-0.2, 0) is 30.5 Å². The summed E-state index contributed by atoms with van der Waals surface area (Å²) in [6, 6.07) is 21.8. The largest absolute Gasteiger partial charge is 0.463 e. The van der Waals surface area contributed by atoms with Crippen LogP contribution in [0.15, 0.2) is 96.2 Å². The molecule has 0 aliphatic heterocycles. The van der Waals surface area contributed by atoms with E-state index in [1.807, 2.05) is 30.3 Å². The molecule has 0 saturated carbocycles. The second kappa shape index (κ2) is 15.5. The smallest absolute Gasteiger partial charge is 0.343 e. The highest BCUT2D eigenvalue weighted by atomic mass is 16.5. The van der Waals surface area contributed by atoms with Crippen LogP contribution in [0.4, 0.5) is 0 Å². The fourth-order valence-electron chi connectivity index (χ4n) is 3.75. The van der Waals surface area contributed by atoms with Gasteiger partial charge in [-0.3, -0.25) is 15.0 Å². The van der Waals surface area contributed by atoms with Crippen LogP contribution in [-0.4, -0.2) is 47.7 Å². The van der Waals surface area contributed by atoms with Crippen molar-refractivity contribution in [2.75, 3.05) is 13.2 Å². The fraction of sp³-hybridized carbons (Fsp3) is 0.182. The van der Waals surface area contributed by atoms with Crippen LogP contribution in [0.1, 0.15) is 47.8 Å². The fourth-order valence-corrected chi connectivity index (χ4v) is 3.75. The van der Waals surface area contributed by atoms with E-state index < -0.39 is 30.4 Å². The van der Waals surface area contributed by atoms with Gasteiger partial charge < -0.3 is 24.8 Å². The number of carbonyl (C=O) groups is 4. The third kappa shape index (κ3) is 9.82. The van der Waals surface area contributed by atoms with E-state index in [4.69, 9.17) is 25.4 Å². The van der Waals surface area contributed by atoms with E-state index >= 15 is 0 Å². The van der Waals surface area contributed by atoms with Gasteiger partial charge in [-0.25, -0.2) is 9.59 Å². The minimum Gasteiger partial charge on any atom is -0.463 e. The molecule has 222 valence electrons. The molecule has 43 heavy (non-hydrogen) atoms. The molecule has 3 aromatic rings. The topological polar surface area (TPSA) is 149 Å². The summed E-state index contributed by atoms with van der Waals surface area (Å²) in [5, 5.41) is 7.44. The zero-order valence-corrected chi connectivity index (χ0v) is 24.2. The molecule has 3 N–H and O–H groups in total. The van der Waals surface area contributed by atoms with Gasteiger partial charge in [-0.05, 0) is 74.4 Å². The molecule has 3 aromatic carbocycles. The molecular weight excluding hydrogens is 550 g/mol. The summed E-state index contributed by atoms with van der Waals surface area (Å²) < 4.78 is 15.7. The van der Waals surface area contributed by atoms with Gasteiger partial charge in [-0.2, -0.15) is 0 Å². The molecule has 0 aliphatic rings. The Labute approximate surface area is 249 Å². The van der Waals surface area contributed by atoms with Gasteiger partial charge in [0.05, 0.1) is 17.7 Å². The van der Waals surface area contributed by atoms with Crippen molar-refractivity contribution in [2.45, 2.75) is 27.4 Å². The monoisotopic (exact) mass is 583 g/mol. The van der Waals surface area contributed by atoms with Crippen LogP contribution >= 0.6 is 0 Å². The quantitative estimate of drug-likeness (QED) is 0.103. The van der Waals surface area contributed by atoms with Crippen molar-refractivity contribution in [1.29, 1.82) is 5.41 Å². The molecule has 0 aromatic heterocycles. The van der Waals surface area contributed by atoms with Crippen LogP contribution in [0.3, 0.4) is 0 Å². The molecule has 0 heterocycles. The van der Waals surface area contributed by atoms with Crippen molar-refractivity contribution in [2.24, 2.45) is 5.73 Å². The lowest BCUT2D eigenvalue weighted by molar-refractivity contribution is -0.148. The average Bonchev–Trinajstić information content (AvgIpc) is 3.00. The number of benzene rings is 3. The first kappa shape index (κ1) is 32.0. The molecule has 1 amide bonds. The summed E-state index contributed by atoms with van der Waals surface area (Å²) in [5.74, 6) is -2.18. The second-order valence-corrected chi connectivity index (χ2v) is 9.39. The van der Waals surface area contributed by atoms with Crippen molar-refractivity contribution in [3.63, 3.8) is 0 Å². The number of amidine groups is 1.